The monoisotopic (exact) mass is 279 g/mol. The van der Waals surface area contributed by atoms with Crippen LogP contribution in [0.15, 0.2) is 0 Å². The second kappa shape index (κ2) is 7.38. The van der Waals surface area contributed by atoms with Gasteiger partial charge in [-0.3, -0.25) is 9.89 Å². The second-order valence-corrected chi connectivity index (χ2v) is 5.45. The average Bonchev–Trinajstić information content (AvgIpc) is 2.94. The Bertz CT molecular complexity index is 431. The maximum atomic E-state index is 11.8. The summed E-state index contributed by atoms with van der Waals surface area (Å²) in [5.74, 6) is 0.804. The lowest BCUT2D eigenvalue weighted by atomic mass is 10.0. The van der Waals surface area contributed by atoms with Crippen LogP contribution in [-0.4, -0.2) is 51.7 Å². The van der Waals surface area contributed by atoms with Crippen LogP contribution >= 0.6 is 0 Å². The van der Waals surface area contributed by atoms with Crippen LogP contribution in [0, 0.1) is 0 Å². The van der Waals surface area contributed by atoms with E-state index in [1.165, 1.54) is 25.8 Å². The number of likely N-dealkylation sites (tertiary alicyclic amines) is 1. The van der Waals surface area contributed by atoms with Gasteiger partial charge in [-0.1, -0.05) is 13.3 Å². The smallest absolute Gasteiger partial charge is 0.290 e. The topological polar surface area (TPSA) is 73.9 Å². The van der Waals surface area contributed by atoms with Crippen LogP contribution in [0.2, 0.25) is 0 Å². The Balaban J connectivity index is 1.66. The lowest BCUT2D eigenvalue weighted by Gasteiger charge is -2.33. The molecule has 20 heavy (non-hydrogen) atoms. The van der Waals surface area contributed by atoms with Gasteiger partial charge < -0.3 is 10.2 Å². The largest absolute Gasteiger partial charge is 0.349 e. The van der Waals surface area contributed by atoms with E-state index in [9.17, 15) is 4.79 Å². The van der Waals surface area contributed by atoms with Crippen LogP contribution in [0.3, 0.4) is 0 Å². The number of aromatic amines is 1. The predicted molar refractivity (Wildman–Crippen MR) is 77.6 cm³/mol. The van der Waals surface area contributed by atoms with Crippen molar-refractivity contribution in [1.82, 2.24) is 25.4 Å². The van der Waals surface area contributed by atoms with Gasteiger partial charge >= 0.3 is 0 Å². The highest BCUT2D eigenvalue weighted by molar-refractivity contribution is 5.90. The number of nitrogens with one attached hydrogen (secondary N) is 2. The summed E-state index contributed by atoms with van der Waals surface area (Å²) >= 11 is 0. The van der Waals surface area contributed by atoms with Crippen molar-refractivity contribution in [1.29, 1.82) is 0 Å². The number of piperidine rings is 1. The van der Waals surface area contributed by atoms with E-state index in [0.717, 1.165) is 25.2 Å². The van der Waals surface area contributed by atoms with Crippen molar-refractivity contribution in [2.24, 2.45) is 0 Å². The quantitative estimate of drug-likeness (QED) is 0.771. The lowest BCUT2D eigenvalue weighted by Crippen LogP contribution is -2.39. The summed E-state index contributed by atoms with van der Waals surface area (Å²) in [5, 5.41) is 9.54. The number of aromatic nitrogens is 3. The van der Waals surface area contributed by atoms with Crippen molar-refractivity contribution in [3.63, 3.8) is 0 Å². The van der Waals surface area contributed by atoms with Crippen LogP contribution < -0.4 is 5.32 Å². The molecule has 1 aromatic heterocycles. The molecular formula is C14H25N5O. The molecule has 112 valence electrons. The minimum absolute atomic E-state index is 0.187. The summed E-state index contributed by atoms with van der Waals surface area (Å²) < 4.78 is 0. The van der Waals surface area contributed by atoms with Gasteiger partial charge in [0.1, 0.15) is 5.82 Å². The summed E-state index contributed by atoms with van der Waals surface area (Å²) in [6, 6.07) is 0.680. The van der Waals surface area contributed by atoms with Crippen molar-refractivity contribution in [2.75, 3.05) is 19.6 Å². The van der Waals surface area contributed by atoms with Crippen molar-refractivity contribution < 1.29 is 4.79 Å². The van der Waals surface area contributed by atoms with Gasteiger partial charge in [0.25, 0.3) is 5.91 Å². The standard InChI is InChI=1S/C14H25N5O/c1-3-12-16-13(18-17-12)14(20)15-8-6-10-19-9-5-4-7-11(19)2/h11H,3-10H2,1-2H3,(H,15,20)(H,16,17,18). The fourth-order valence-electron chi connectivity index (χ4n) is 2.61. The van der Waals surface area contributed by atoms with Gasteiger partial charge in [0.2, 0.25) is 5.82 Å². The maximum absolute atomic E-state index is 11.8. The molecule has 2 rings (SSSR count). The first-order valence-corrected chi connectivity index (χ1v) is 7.64. The third-order valence-electron chi connectivity index (χ3n) is 3.92. The molecule has 1 aromatic rings. The van der Waals surface area contributed by atoms with E-state index in [4.69, 9.17) is 0 Å². The molecule has 0 spiro atoms. The van der Waals surface area contributed by atoms with Crippen LogP contribution in [0.4, 0.5) is 0 Å². The van der Waals surface area contributed by atoms with E-state index < -0.39 is 0 Å². The van der Waals surface area contributed by atoms with Crippen LogP contribution in [-0.2, 0) is 6.42 Å². The Morgan fingerprint density at radius 3 is 3.05 bits per heavy atom. The predicted octanol–water partition coefficient (Wildman–Crippen LogP) is 1.36. The zero-order valence-electron chi connectivity index (χ0n) is 12.5. The highest BCUT2D eigenvalue weighted by Crippen LogP contribution is 2.15. The number of nitrogens with zero attached hydrogens (tertiary/aromatic N) is 3. The van der Waals surface area contributed by atoms with Crippen LogP contribution in [0.1, 0.15) is 56.0 Å². The Hall–Kier alpha value is -1.43. The molecule has 1 aliphatic rings. The van der Waals surface area contributed by atoms with Gasteiger partial charge in [-0.25, -0.2) is 4.98 Å². The van der Waals surface area contributed by atoms with Gasteiger partial charge in [-0.15, -0.1) is 5.10 Å². The molecule has 1 aliphatic heterocycles. The van der Waals surface area contributed by atoms with E-state index >= 15 is 0 Å². The summed E-state index contributed by atoms with van der Waals surface area (Å²) in [7, 11) is 0. The first-order valence-electron chi connectivity index (χ1n) is 7.64. The van der Waals surface area contributed by atoms with Crippen molar-refractivity contribution >= 4 is 5.91 Å². The lowest BCUT2D eigenvalue weighted by molar-refractivity contribution is 0.0939. The molecule has 1 atom stereocenters. The Morgan fingerprint density at radius 1 is 1.50 bits per heavy atom. The third-order valence-corrected chi connectivity index (χ3v) is 3.92. The summed E-state index contributed by atoms with van der Waals surface area (Å²) in [6.45, 7) is 7.18. The van der Waals surface area contributed by atoms with E-state index in [1.807, 2.05) is 6.92 Å². The number of hydrogen-bond donors (Lipinski definition) is 2. The van der Waals surface area contributed by atoms with Gasteiger partial charge in [0, 0.05) is 25.6 Å². The second-order valence-electron chi connectivity index (χ2n) is 5.45. The highest BCUT2D eigenvalue weighted by Gasteiger charge is 2.17. The molecule has 0 saturated carbocycles. The number of aryl methyl sites for hydroxylation is 1. The number of carbonyl (C=O) groups excluding carboxylic acids is 1. The SMILES string of the molecule is CCc1nc(C(=O)NCCCN2CCCCC2C)n[nH]1. The van der Waals surface area contributed by atoms with Gasteiger partial charge in [-0.05, 0) is 32.7 Å². The van der Waals surface area contributed by atoms with Gasteiger partial charge in [0.15, 0.2) is 0 Å². The van der Waals surface area contributed by atoms with Crippen molar-refractivity contribution in [3.8, 4) is 0 Å². The van der Waals surface area contributed by atoms with Gasteiger partial charge in [-0.2, -0.15) is 0 Å². The number of amides is 1. The van der Waals surface area contributed by atoms with E-state index in [-0.39, 0.29) is 11.7 Å². The van der Waals surface area contributed by atoms with E-state index in [2.05, 4.69) is 32.3 Å². The molecule has 0 aromatic carbocycles. The molecule has 6 nitrogen and oxygen atoms in total. The Morgan fingerprint density at radius 2 is 2.35 bits per heavy atom. The summed E-state index contributed by atoms with van der Waals surface area (Å²) in [5.41, 5.74) is 0. The van der Waals surface area contributed by atoms with E-state index in [1.54, 1.807) is 0 Å². The molecule has 1 saturated heterocycles. The molecule has 1 amide bonds. The third kappa shape index (κ3) is 4.03. The minimum Gasteiger partial charge on any atom is -0.349 e. The van der Waals surface area contributed by atoms with Crippen molar-refractivity contribution in [2.45, 2.75) is 52.0 Å². The normalized spacial score (nSPS) is 20.0. The Labute approximate surface area is 120 Å². The molecular weight excluding hydrogens is 254 g/mol. The first kappa shape index (κ1) is 15.0. The minimum atomic E-state index is -0.187. The average molecular weight is 279 g/mol. The van der Waals surface area contributed by atoms with Crippen molar-refractivity contribution in [3.05, 3.63) is 11.6 Å². The van der Waals surface area contributed by atoms with Crippen LogP contribution in [0.25, 0.3) is 0 Å². The maximum Gasteiger partial charge on any atom is 0.290 e. The number of hydrogen-bond acceptors (Lipinski definition) is 4. The highest BCUT2D eigenvalue weighted by atomic mass is 16.2. The summed E-state index contributed by atoms with van der Waals surface area (Å²) in [4.78, 5) is 18.5. The number of H-pyrrole nitrogens is 1. The number of carbonyl (C=O) groups is 1. The van der Waals surface area contributed by atoms with Gasteiger partial charge in [0.05, 0.1) is 0 Å². The van der Waals surface area contributed by atoms with Crippen LogP contribution in [0.5, 0.6) is 0 Å². The fraction of sp³-hybridized carbons (Fsp3) is 0.786. The zero-order valence-corrected chi connectivity index (χ0v) is 12.5. The van der Waals surface area contributed by atoms with E-state index in [0.29, 0.717) is 12.6 Å². The molecule has 1 fully saturated rings. The molecule has 0 aliphatic carbocycles. The molecule has 0 radical (unpaired) electrons. The number of rotatable bonds is 6. The molecule has 2 heterocycles. The molecule has 1 unspecified atom stereocenters. The Kier molecular flexibility index (Phi) is 5.52. The summed E-state index contributed by atoms with van der Waals surface area (Å²) in [6.07, 6.45) is 5.67. The molecule has 0 bridgehead atoms. The first-order chi connectivity index (χ1) is 9.70. The molecule has 6 heteroatoms. The zero-order chi connectivity index (χ0) is 14.4. The fourth-order valence-corrected chi connectivity index (χ4v) is 2.61. The molecule has 2 N–H and O–H groups in total.